The Morgan fingerprint density at radius 3 is 2.80 bits per heavy atom. The van der Waals surface area contributed by atoms with Crippen LogP contribution in [0.5, 0.6) is 0 Å². The number of carbonyl (C=O) groups is 1. The summed E-state index contributed by atoms with van der Waals surface area (Å²) >= 11 is 0. The molecule has 1 aromatic carbocycles. The third-order valence-electron chi connectivity index (χ3n) is 3.15. The average molecular weight is 275 g/mol. The van der Waals surface area contributed by atoms with Crippen LogP contribution in [0.15, 0.2) is 27.4 Å². The van der Waals surface area contributed by atoms with Crippen LogP contribution in [-0.2, 0) is 16.0 Å². The molecule has 20 heavy (non-hydrogen) atoms. The van der Waals surface area contributed by atoms with Crippen molar-refractivity contribution in [1.29, 1.82) is 0 Å². The van der Waals surface area contributed by atoms with Crippen LogP contribution in [-0.4, -0.2) is 18.1 Å². The van der Waals surface area contributed by atoms with E-state index >= 15 is 0 Å². The fraction of sp³-hybridized carbons (Fsp3) is 0.400. The number of esters is 1. The van der Waals surface area contributed by atoms with Gasteiger partial charge in [0.15, 0.2) is 0 Å². The SMILES string of the molecule is COC(=O)CCc1cccc2c(C(C)C)nc(=O)oc12. The van der Waals surface area contributed by atoms with E-state index in [9.17, 15) is 9.59 Å². The number of hydrogen-bond donors (Lipinski definition) is 0. The van der Waals surface area contributed by atoms with Gasteiger partial charge in [0, 0.05) is 11.8 Å². The highest BCUT2D eigenvalue weighted by Gasteiger charge is 2.14. The lowest BCUT2D eigenvalue weighted by Crippen LogP contribution is -2.10. The van der Waals surface area contributed by atoms with Crippen LogP contribution in [0.2, 0.25) is 0 Å². The predicted octanol–water partition coefficient (Wildman–Crippen LogP) is 2.42. The maximum atomic E-state index is 11.6. The average Bonchev–Trinajstić information content (AvgIpc) is 2.43. The number of ether oxygens (including phenoxy) is 1. The molecular weight excluding hydrogens is 258 g/mol. The van der Waals surface area contributed by atoms with Gasteiger partial charge in [0.05, 0.1) is 12.8 Å². The molecule has 1 aromatic heterocycles. The van der Waals surface area contributed by atoms with E-state index in [-0.39, 0.29) is 18.3 Å². The van der Waals surface area contributed by atoms with Gasteiger partial charge in [-0.15, -0.1) is 0 Å². The second-order valence-corrected chi connectivity index (χ2v) is 4.89. The van der Waals surface area contributed by atoms with Crippen LogP contribution in [0.1, 0.15) is 37.4 Å². The molecule has 0 atom stereocenters. The number of benzene rings is 1. The lowest BCUT2D eigenvalue weighted by Gasteiger charge is -2.09. The molecule has 0 aliphatic heterocycles. The Kier molecular flexibility index (Phi) is 4.17. The van der Waals surface area contributed by atoms with E-state index in [0.717, 1.165) is 16.6 Å². The highest BCUT2D eigenvalue weighted by Crippen LogP contribution is 2.25. The topological polar surface area (TPSA) is 69.4 Å². The van der Waals surface area contributed by atoms with Gasteiger partial charge in [-0.3, -0.25) is 4.79 Å². The first-order valence-electron chi connectivity index (χ1n) is 6.52. The molecular formula is C15H17NO4. The summed E-state index contributed by atoms with van der Waals surface area (Å²) in [5, 5.41) is 0.821. The van der Waals surface area contributed by atoms with E-state index in [1.807, 2.05) is 32.0 Å². The molecule has 0 aliphatic carbocycles. The molecule has 0 saturated carbocycles. The Hall–Kier alpha value is -2.17. The zero-order chi connectivity index (χ0) is 14.7. The van der Waals surface area contributed by atoms with Crippen LogP contribution in [0.3, 0.4) is 0 Å². The summed E-state index contributed by atoms with van der Waals surface area (Å²) in [6, 6.07) is 5.60. The summed E-state index contributed by atoms with van der Waals surface area (Å²) in [5.41, 5.74) is 2.05. The number of methoxy groups -OCH3 is 1. The van der Waals surface area contributed by atoms with Crippen molar-refractivity contribution in [3.8, 4) is 0 Å². The highest BCUT2D eigenvalue weighted by atomic mass is 16.5. The Morgan fingerprint density at radius 2 is 2.15 bits per heavy atom. The number of nitrogens with zero attached hydrogens (tertiary/aromatic N) is 1. The largest absolute Gasteiger partial charge is 0.469 e. The molecule has 106 valence electrons. The summed E-state index contributed by atoms with van der Waals surface area (Å²) in [7, 11) is 1.35. The van der Waals surface area contributed by atoms with Crippen LogP contribution in [0.4, 0.5) is 0 Å². The molecule has 0 fully saturated rings. The van der Waals surface area contributed by atoms with E-state index in [0.29, 0.717) is 12.0 Å². The molecule has 1 heterocycles. The second kappa shape index (κ2) is 5.86. The van der Waals surface area contributed by atoms with Gasteiger partial charge in [-0.25, -0.2) is 4.79 Å². The zero-order valence-corrected chi connectivity index (χ0v) is 11.8. The van der Waals surface area contributed by atoms with Crippen LogP contribution in [0, 0.1) is 0 Å². The quantitative estimate of drug-likeness (QED) is 0.801. The molecule has 0 saturated heterocycles. The van der Waals surface area contributed by atoms with Crippen LogP contribution < -0.4 is 5.76 Å². The summed E-state index contributed by atoms with van der Waals surface area (Å²) < 4.78 is 9.86. The summed E-state index contributed by atoms with van der Waals surface area (Å²) in [4.78, 5) is 26.8. The van der Waals surface area contributed by atoms with Gasteiger partial charge in [-0.1, -0.05) is 26.0 Å². The lowest BCUT2D eigenvalue weighted by molar-refractivity contribution is -0.140. The van der Waals surface area contributed by atoms with Crippen molar-refractivity contribution in [2.45, 2.75) is 32.6 Å². The number of aryl methyl sites for hydroxylation is 1. The van der Waals surface area contributed by atoms with Gasteiger partial charge in [0.1, 0.15) is 5.58 Å². The Balaban J connectivity index is 2.51. The molecule has 5 nitrogen and oxygen atoms in total. The van der Waals surface area contributed by atoms with Crippen molar-refractivity contribution >= 4 is 16.9 Å². The first-order valence-corrected chi connectivity index (χ1v) is 6.52. The number of aromatic nitrogens is 1. The van der Waals surface area contributed by atoms with Gasteiger partial charge >= 0.3 is 11.7 Å². The minimum Gasteiger partial charge on any atom is -0.469 e. The molecule has 2 aromatic rings. The molecule has 2 rings (SSSR count). The van der Waals surface area contributed by atoms with Gasteiger partial charge in [0.2, 0.25) is 0 Å². The van der Waals surface area contributed by atoms with E-state index in [1.54, 1.807) is 0 Å². The van der Waals surface area contributed by atoms with Gasteiger partial charge in [-0.2, -0.15) is 4.98 Å². The van der Waals surface area contributed by atoms with Gasteiger partial charge in [0.25, 0.3) is 0 Å². The summed E-state index contributed by atoms with van der Waals surface area (Å²) in [6.45, 7) is 3.95. The predicted molar refractivity (Wildman–Crippen MR) is 74.7 cm³/mol. The smallest absolute Gasteiger partial charge is 0.439 e. The fourth-order valence-corrected chi connectivity index (χ4v) is 2.15. The van der Waals surface area contributed by atoms with Gasteiger partial charge < -0.3 is 9.15 Å². The number of fused-ring (bicyclic) bond motifs is 1. The van der Waals surface area contributed by atoms with Crippen molar-refractivity contribution < 1.29 is 13.9 Å². The van der Waals surface area contributed by atoms with E-state index in [1.165, 1.54) is 7.11 Å². The maximum Gasteiger partial charge on any atom is 0.439 e. The van der Waals surface area contributed by atoms with E-state index in [2.05, 4.69) is 9.72 Å². The molecule has 0 radical (unpaired) electrons. The Labute approximate surface area is 116 Å². The van der Waals surface area contributed by atoms with Crippen molar-refractivity contribution in [2.75, 3.05) is 7.11 Å². The summed E-state index contributed by atoms with van der Waals surface area (Å²) in [6.07, 6.45) is 0.715. The molecule has 5 heteroatoms. The third kappa shape index (κ3) is 2.87. The summed E-state index contributed by atoms with van der Waals surface area (Å²) in [5.74, 6) is -0.772. The molecule has 0 N–H and O–H groups in total. The van der Waals surface area contributed by atoms with E-state index in [4.69, 9.17) is 4.42 Å². The van der Waals surface area contributed by atoms with Crippen LogP contribution >= 0.6 is 0 Å². The molecule has 0 spiro atoms. The van der Waals surface area contributed by atoms with Crippen molar-refractivity contribution in [3.05, 3.63) is 40.0 Å². The van der Waals surface area contributed by atoms with Gasteiger partial charge in [-0.05, 0) is 24.0 Å². The number of para-hydroxylation sites is 1. The third-order valence-corrected chi connectivity index (χ3v) is 3.15. The van der Waals surface area contributed by atoms with Crippen molar-refractivity contribution in [1.82, 2.24) is 4.98 Å². The number of hydrogen-bond acceptors (Lipinski definition) is 5. The first kappa shape index (κ1) is 14.2. The number of rotatable bonds is 4. The maximum absolute atomic E-state index is 11.6. The minimum absolute atomic E-state index is 0.123. The monoisotopic (exact) mass is 275 g/mol. The lowest BCUT2D eigenvalue weighted by atomic mass is 10.0. The van der Waals surface area contributed by atoms with Crippen molar-refractivity contribution in [2.24, 2.45) is 0 Å². The van der Waals surface area contributed by atoms with E-state index < -0.39 is 5.76 Å². The first-order chi connectivity index (χ1) is 9.52. The molecule has 0 unspecified atom stereocenters. The second-order valence-electron chi connectivity index (χ2n) is 4.89. The Morgan fingerprint density at radius 1 is 1.40 bits per heavy atom. The number of carbonyl (C=O) groups excluding carboxylic acids is 1. The molecule has 0 aliphatic rings. The zero-order valence-electron chi connectivity index (χ0n) is 11.8. The minimum atomic E-state index is -0.605. The normalized spacial score (nSPS) is 11.0. The highest BCUT2D eigenvalue weighted by molar-refractivity contribution is 5.83. The van der Waals surface area contributed by atoms with Crippen molar-refractivity contribution in [3.63, 3.8) is 0 Å². The molecule has 0 bridgehead atoms. The fourth-order valence-electron chi connectivity index (χ4n) is 2.15. The van der Waals surface area contributed by atoms with Crippen LogP contribution in [0.25, 0.3) is 11.0 Å². The molecule has 0 amide bonds. The Bertz CT molecular complexity index is 688. The standard InChI is InChI=1S/C15H17NO4/c1-9(2)13-11-6-4-5-10(7-8-12(17)19-3)14(11)20-15(18)16-13/h4-6,9H,7-8H2,1-3H3.